The average Bonchev–Trinajstić information content (AvgIpc) is 2.44. The van der Waals surface area contributed by atoms with Crippen molar-refractivity contribution in [2.45, 2.75) is 0 Å². The zero-order valence-corrected chi connectivity index (χ0v) is 10.00. The second-order valence-electron chi connectivity index (χ2n) is 3.88. The lowest BCUT2D eigenvalue weighted by atomic mass is 10.2. The lowest BCUT2D eigenvalue weighted by Gasteiger charge is -2.29. The fourth-order valence-electron chi connectivity index (χ4n) is 1.75. The number of rotatable bonds is 3. The van der Waals surface area contributed by atoms with Crippen LogP contribution in [0.15, 0.2) is 41.2 Å². The number of amides is 2. The van der Waals surface area contributed by atoms with E-state index in [0.717, 1.165) is 5.06 Å². The van der Waals surface area contributed by atoms with Crippen molar-refractivity contribution in [3.8, 4) is 5.75 Å². The molecule has 0 atom stereocenters. The summed E-state index contributed by atoms with van der Waals surface area (Å²) >= 11 is 0. The van der Waals surface area contributed by atoms with Crippen molar-refractivity contribution in [3.05, 3.63) is 36.2 Å². The van der Waals surface area contributed by atoms with Crippen LogP contribution in [0.25, 0.3) is 0 Å². The van der Waals surface area contributed by atoms with E-state index in [9.17, 15) is 4.79 Å². The Labute approximate surface area is 109 Å². The van der Waals surface area contributed by atoms with E-state index in [0.29, 0.717) is 29.6 Å². The first-order valence-corrected chi connectivity index (χ1v) is 5.79. The number of hydrogen-bond donors (Lipinski definition) is 2. The zero-order chi connectivity index (χ0) is 13.2. The van der Waals surface area contributed by atoms with Crippen LogP contribution in [0.1, 0.15) is 0 Å². The van der Waals surface area contributed by atoms with Gasteiger partial charge in [0.05, 0.1) is 12.8 Å². The number of urea groups is 1. The van der Waals surface area contributed by atoms with Gasteiger partial charge in [-0.1, -0.05) is 12.1 Å². The quantitative estimate of drug-likeness (QED) is 0.843. The predicted molar refractivity (Wildman–Crippen MR) is 67.6 cm³/mol. The van der Waals surface area contributed by atoms with Crippen LogP contribution >= 0.6 is 0 Å². The molecule has 0 aromatic heterocycles. The summed E-state index contributed by atoms with van der Waals surface area (Å²) in [5.74, 6) is 1.37. The molecule has 19 heavy (non-hydrogen) atoms. The van der Waals surface area contributed by atoms with Crippen molar-refractivity contribution < 1.29 is 14.4 Å². The van der Waals surface area contributed by atoms with E-state index in [1.807, 2.05) is 12.1 Å². The van der Waals surface area contributed by atoms with Gasteiger partial charge in [0.1, 0.15) is 5.69 Å². The number of hydrogen-bond acceptors (Lipinski definition) is 5. The summed E-state index contributed by atoms with van der Waals surface area (Å²) in [6.45, 7) is 0.509. The largest absolute Gasteiger partial charge is 0.450 e. The highest BCUT2D eigenvalue weighted by Gasteiger charge is 2.32. The average molecular weight is 260 g/mol. The Balaban J connectivity index is 1.99. The predicted octanol–water partition coefficient (Wildman–Crippen LogP) is 0.866. The van der Waals surface area contributed by atoms with E-state index in [1.165, 1.54) is 6.20 Å². The van der Waals surface area contributed by atoms with Crippen molar-refractivity contribution in [1.82, 2.24) is 10.4 Å². The SMILES string of the molecule is NCCON1C(=O)NC=C2Oc3ccccc3N=C21. The molecule has 0 bridgehead atoms. The summed E-state index contributed by atoms with van der Waals surface area (Å²) in [5, 5.41) is 3.58. The number of nitrogens with two attached hydrogens (primary N) is 1. The first-order valence-electron chi connectivity index (χ1n) is 5.79. The van der Waals surface area contributed by atoms with Gasteiger partial charge >= 0.3 is 6.03 Å². The van der Waals surface area contributed by atoms with Gasteiger partial charge in [0, 0.05) is 6.54 Å². The monoisotopic (exact) mass is 260 g/mol. The van der Waals surface area contributed by atoms with Crippen molar-refractivity contribution in [1.29, 1.82) is 0 Å². The number of nitrogens with zero attached hydrogens (tertiary/aromatic N) is 2. The molecule has 0 aliphatic carbocycles. The number of carbonyl (C=O) groups is 1. The Morgan fingerprint density at radius 3 is 3.11 bits per heavy atom. The normalized spacial score (nSPS) is 16.7. The maximum atomic E-state index is 11.7. The van der Waals surface area contributed by atoms with E-state index in [2.05, 4.69) is 10.3 Å². The molecule has 98 valence electrons. The maximum Gasteiger partial charge on any atom is 0.351 e. The molecule has 2 amide bonds. The molecule has 1 aromatic rings. The van der Waals surface area contributed by atoms with Gasteiger partial charge in [-0.05, 0) is 12.1 Å². The van der Waals surface area contributed by atoms with Crippen molar-refractivity contribution in [2.24, 2.45) is 10.7 Å². The highest BCUT2D eigenvalue weighted by atomic mass is 16.7. The van der Waals surface area contributed by atoms with E-state index >= 15 is 0 Å². The molecular weight excluding hydrogens is 248 g/mol. The standard InChI is InChI=1S/C12H12N4O3/c13-5-6-18-16-11-10(7-14-12(16)17)19-9-4-2-1-3-8(9)15-11/h1-4,7H,5-6,13H2,(H,14,17). The van der Waals surface area contributed by atoms with Crippen molar-refractivity contribution >= 4 is 17.6 Å². The molecular formula is C12H12N4O3. The number of para-hydroxylation sites is 2. The molecule has 7 heteroatoms. The smallest absolute Gasteiger partial charge is 0.351 e. The molecule has 0 spiro atoms. The van der Waals surface area contributed by atoms with Gasteiger partial charge in [-0.3, -0.25) is 4.84 Å². The third kappa shape index (κ3) is 2.05. The second-order valence-corrected chi connectivity index (χ2v) is 3.88. The fraction of sp³-hybridized carbons (Fsp3) is 0.167. The Hall–Kier alpha value is -2.38. The molecule has 3 N–H and O–H groups in total. The van der Waals surface area contributed by atoms with E-state index < -0.39 is 6.03 Å². The molecule has 2 heterocycles. The van der Waals surface area contributed by atoms with Crippen LogP contribution in [0.4, 0.5) is 10.5 Å². The van der Waals surface area contributed by atoms with Crippen LogP contribution in [0.2, 0.25) is 0 Å². The van der Waals surface area contributed by atoms with E-state index in [4.69, 9.17) is 15.3 Å². The van der Waals surface area contributed by atoms with Gasteiger partial charge in [-0.25, -0.2) is 9.79 Å². The first kappa shape index (κ1) is 11.7. The number of fused-ring (bicyclic) bond motifs is 2. The summed E-state index contributed by atoms with van der Waals surface area (Å²) in [7, 11) is 0. The van der Waals surface area contributed by atoms with Gasteiger partial charge in [-0.2, -0.15) is 0 Å². The number of amidine groups is 1. The first-order chi connectivity index (χ1) is 9.29. The Morgan fingerprint density at radius 2 is 2.26 bits per heavy atom. The Bertz CT molecular complexity index is 582. The summed E-state index contributed by atoms with van der Waals surface area (Å²) in [5.41, 5.74) is 6.01. The molecule has 2 aliphatic rings. The number of ether oxygens (including phenoxy) is 1. The molecule has 0 unspecified atom stereocenters. The van der Waals surface area contributed by atoms with Crippen LogP contribution < -0.4 is 15.8 Å². The molecule has 0 radical (unpaired) electrons. The third-order valence-corrected chi connectivity index (χ3v) is 2.57. The van der Waals surface area contributed by atoms with Crippen molar-refractivity contribution in [2.75, 3.05) is 13.2 Å². The third-order valence-electron chi connectivity index (χ3n) is 2.57. The molecule has 0 saturated carbocycles. The highest BCUT2D eigenvalue weighted by Crippen LogP contribution is 2.34. The van der Waals surface area contributed by atoms with Crippen LogP contribution in [-0.2, 0) is 4.84 Å². The summed E-state index contributed by atoms with van der Waals surface area (Å²) < 4.78 is 5.66. The lowest BCUT2D eigenvalue weighted by Crippen LogP contribution is -2.48. The molecule has 1 aromatic carbocycles. The number of nitrogens with one attached hydrogen (secondary N) is 1. The minimum atomic E-state index is -0.432. The van der Waals surface area contributed by atoms with E-state index in [-0.39, 0.29) is 6.61 Å². The molecule has 3 rings (SSSR count). The lowest BCUT2D eigenvalue weighted by molar-refractivity contribution is -0.0593. The summed E-state index contributed by atoms with van der Waals surface area (Å²) in [6.07, 6.45) is 1.46. The van der Waals surface area contributed by atoms with Crippen LogP contribution in [0.5, 0.6) is 5.75 Å². The second kappa shape index (κ2) is 4.71. The van der Waals surface area contributed by atoms with Crippen LogP contribution in [-0.4, -0.2) is 30.1 Å². The van der Waals surface area contributed by atoms with Gasteiger partial charge in [0.15, 0.2) is 11.5 Å². The molecule has 0 saturated heterocycles. The molecule has 7 nitrogen and oxygen atoms in total. The molecule has 2 aliphatic heterocycles. The maximum absolute atomic E-state index is 11.7. The number of carbonyl (C=O) groups excluding carboxylic acids is 1. The summed E-state index contributed by atoms with van der Waals surface area (Å²) in [6, 6.07) is 6.86. The zero-order valence-electron chi connectivity index (χ0n) is 10.00. The van der Waals surface area contributed by atoms with Crippen molar-refractivity contribution in [3.63, 3.8) is 0 Å². The van der Waals surface area contributed by atoms with Gasteiger partial charge < -0.3 is 15.8 Å². The minimum Gasteiger partial charge on any atom is -0.450 e. The topological polar surface area (TPSA) is 89.2 Å². The molecule has 0 fully saturated rings. The van der Waals surface area contributed by atoms with Gasteiger partial charge in [-0.15, -0.1) is 5.06 Å². The number of aliphatic imine (C=N–C) groups is 1. The van der Waals surface area contributed by atoms with Gasteiger partial charge in [0.25, 0.3) is 0 Å². The Morgan fingerprint density at radius 1 is 1.42 bits per heavy atom. The fourth-order valence-corrected chi connectivity index (χ4v) is 1.75. The number of hydroxylamine groups is 2. The van der Waals surface area contributed by atoms with Crippen LogP contribution in [0.3, 0.4) is 0 Å². The van der Waals surface area contributed by atoms with E-state index in [1.54, 1.807) is 12.1 Å². The van der Waals surface area contributed by atoms with Gasteiger partial charge in [0.2, 0.25) is 5.84 Å². The Kier molecular flexibility index (Phi) is 2.90. The van der Waals surface area contributed by atoms with Crippen LogP contribution in [0, 0.1) is 0 Å². The summed E-state index contributed by atoms with van der Waals surface area (Å²) in [4.78, 5) is 21.4. The number of benzene rings is 1. The minimum absolute atomic E-state index is 0.210. The highest BCUT2D eigenvalue weighted by molar-refractivity contribution is 6.09.